The van der Waals surface area contributed by atoms with Gasteiger partial charge in [-0.2, -0.15) is 0 Å². The summed E-state index contributed by atoms with van der Waals surface area (Å²) in [5, 5.41) is 5.21. The minimum atomic E-state index is -3.51. The number of nitrogens with zero attached hydrogens (tertiary/aromatic N) is 2. The fourth-order valence-corrected chi connectivity index (χ4v) is 4.56. The maximum atomic E-state index is 14.0. The van der Waals surface area contributed by atoms with Gasteiger partial charge >= 0.3 is 6.03 Å². The van der Waals surface area contributed by atoms with Crippen LogP contribution in [0.4, 0.5) is 26.4 Å². The number of amides is 3. The van der Waals surface area contributed by atoms with Crippen LogP contribution in [0.1, 0.15) is 12.8 Å². The number of aromatic nitrogens is 1. The second kappa shape index (κ2) is 10.5. The Hall–Kier alpha value is -3.70. The van der Waals surface area contributed by atoms with Crippen LogP contribution in [0.2, 0.25) is 5.02 Å². The van der Waals surface area contributed by atoms with Gasteiger partial charge in [0.1, 0.15) is 17.7 Å². The number of hydrogen-bond donors (Lipinski definition) is 3. The number of rotatable bonds is 6. The Morgan fingerprint density at radius 3 is 2.61 bits per heavy atom. The first-order chi connectivity index (χ1) is 17.1. The lowest BCUT2D eigenvalue weighted by Crippen LogP contribution is -2.53. The molecule has 12 heteroatoms. The van der Waals surface area contributed by atoms with Crippen LogP contribution in [0.25, 0.3) is 11.1 Å². The number of nitrogens with one attached hydrogen (secondary N) is 3. The van der Waals surface area contributed by atoms with E-state index in [4.69, 9.17) is 11.6 Å². The van der Waals surface area contributed by atoms with Crippen LogP contribution in [-0.4, -0.2) is 44.2 Å². The normalized spacial score (nSPS) is 15.9. The first-order valence-electron chi connectivity index (χ1n) is 11.0. The summed E-state index contributed by atoms with van der Waals surface area (Å²) in [7, 11) is -3.51. The molecule has 1 atom stereocenters. The molecule has 1 saturated heterocycles. The third-order valence-electron chi connectivity index (χ3n) is 5.50. The van der Waals surface area contributed by atoms with Crippen LogP contribution in [-0.2, 0) is 14.8 Å². The van der Waals surface area contributed by atoms with E-state index in [1.165, 1.54) is 18.3 Å². The van der Waals surface area contributed by atoms with Gasteiger partial charge in [-0.1, -0.05) is 23.7 Å². The monoisotopic (exact) mass is 531 g/mol. The van der Waals surface area contributed by atoms with E-state index < -0.39 is 27.9 Å². The van der Waals surface area contributed by atoms with Gasteiger partial charge in [0.15, 0.2) is 0 Å². The zero-order chi connectivity index (χ0) is 25.9. The first kappa shape index (κ1) is 25.4. The summed E-state index contributed by atoms with van der Waals surface area (Å²) in [5.74, 6) is -0.770. The molecule has 0 spiro atoms. The van der Waals surface area contributed by atoms with E-state index in [-0.39, 0.29) is 22.4 Å². The van der Waals surface area contributed by atoms with Gasteiger partial charge in [-0.05, 0) is 60.9 Å². The number of benzene rings is 2. The third-order valence-corrected chi connectivity index (χ3v) is 6.30. The molecule has 188 valence electrons. The van der Waals surface area contributed by atoms with E-state index in [1.54, 1.807) is 41.3 Å². The Kier molecular flexibility index (Phi) is 7.41. The lowest BCUT2D eigenvalue weighted by atomic mass is 10.0. The minimum absolute atomic E-state index is 0.0484. The van der Waals surface area contributed by atoms with E-state index in [0.717, 1.165) is 12.3 Å². The summed E-state index contributed by atoms with van der Waals surface area (Å²) < 4.78 is 39.7. The standard InChI is InChI=1S/C24H23ClFN5O4S/c1-36(34,35)30-22-18(4-2-12-27-22)15-6-9-17(10-7-15)31-13-3-5-21(23(31)32)29-24(33)28-20-11-8-16(25)14-19(20)26/h2,4,6-12,14,21H,3,5,13H2,1H3,(H,27,30)(H2,28,29,33)/t21-/m1/s1. The largest absolute Gasteiger partial charge is 0.326 e. The predicted octanol–water partition coefficient (Wildman–Crippen LogP) is 4.23. The van der Waals surface area contributed by atoms with Crippen LogP contribution < -0.4 is 20.3 Å². The molecule has 1 aliphatic rings. The summed E-state index contributed by atoms with van der Waals surface area (Å²) in [4.78, 5) is 31.2. The average molecular weight is 532 g/mol. The number of sulfonamides is 1. The SMILES string of the molecule is CS(=O)(=O)Nc1ncccc1-c1ccc(N2CCC[C@@H](NC(=O)Nc3ccc(Cl)cc3F)C2=O)cc1. The Morgan fingerprint density at radius 2 is 1.92 bits per heavy atom. The highest BCUT2D eigenvalue weighted by Crippen LogP contribution is 2.30. The molecular weight excluding hydrogens is 509 g/mol. The fourth-order valence-electron chi connectivity index (χ4n) is 3.89. The molecule has 0 saturated carbocycles. The average Bonchev–Trinajstić information content (AvgIpc) is 2.82. The van der Waals surface area contributed by atoms with E-state index in [2.05, 4.69) is 20.3 Å². The lowest BCUT2D eigenvalue weighted by Gasteiger charge is -2.32. The Morgan fingerprint density at radius 1 is 1.17 bits per heavy atom. The Bertz CT molecular complexity index is 1400. The third kappa shape index (κ3) is 6.10. The van der Waals surface area contributed by atoms with Gasteiger partial charge < -0.3 is 15.5 Å². The number of anilines is 3. The van der Waals surface area contributed by atoms with Crippen LogP contribution in [0, 0.1) is 5.82 Å². The van der Waals surface area contributed by atoms with Gasteiger partial charge in [0.25, 0.3) is 0 Å². The van der Waals surface area contributed by atoms with Crippen LogP contribution in [0.15, 0.2) is 60.8 Å². The molecule has 2 heterocycles. The zero-order valence-electron chi connectivity index (χ0n) is 19.2. The van der Waals surface area contributed by atoms with E-state index in [9.17, 15) is 22.4 Å². The molecule has 4 rings (SSSR count). The second-order valence-corrected chi connectivity index (χ2v) is 10.4. The lowest BCUT2D eigenvalue weighted by molar-refractivity contribution is -0.121. The number of urea groups is 1. The van der Waals surface area contributed by atoms with Crippen LogP contribution >= 0.6 is 11.6 Å². The van der Waals surface area contributed by atoms with Crippen molar-refractivity contribution in [3.8, 4) is 11.1 Å². The van der Waals surface area contributed by atoms with Gasteiger partial charge in [0, 0.05) is 29.0 Å². The molecule has 0 bridgehead atoms. The summed E-state index contributed by atoms with van der Waals surface area (Å²) in [6.45, 7) is 0.470. The number of halogens is 2. The van der Waals surface area contributed by atoms with Crippen molar-refractivity contribution in [1.82, 2.24) is 10.3 Å². The highest BCUT2D eigenvalue weighted by Gasteiger charge is 2.31. The predicted molar refractivity (Wildman–Crippen MR) is 137 cm³/mol. The van der Waals surface area contributed by atoms with Crippen molar-refractivity contribution in [2.45, 2.75) is 18.9 Å². The number of pyridine rings is 1. The highest BCUT2D eigenvalue weighted by atomic mass is 35.5. The minimum Gasteiger partial charge on any atom is -0.326 e. The van der Waals surface area contributed by atoms with Crippen molar-refractivity contribution in [3.63, 3.8) is 0 Å². The zero-order valence-corrected chi connectivity index (χ0v) is 20.7. The molecule has 9 nitrogen and oxygen atoms in total. The Balaban J connectivity index is 1.46. The van der Waals surface area contributed by atoms with Crippen molar-refractivity contribution in [2.24, 2.45) is 0 Å². The van der Waals surface area contributed by atoms with Crippen molar-refractivity contribution >= 4 is 50.8 Å². The summed E-state index contributed by atoms with van der Waals surface area (Å²) in [6.07, 6.45) is 3.63. The molecule has 1 aliphatic heterocycles. The number of carbonyl (C=O) groups is 2. The van der Waals surface area contributed by atoms with Gasteiger partial charge in [-0.25, -0.2) is 22.6 Å². The molecule has 3 aromatic rings. The quantitative estimate of drug-likeness (QED) is 0.439. The van der Waals surface area contributed by atoms with Gasteiger partial charge in [0.05, 0.1) is 11.9 Å². The van der Waals surface area contributed by atoms with E-state index in [0.29, 0.717) is 36.2 Å². The fraction of sp³-hybridized carbons (Fsp3) is 0.208. The van der Waals surface area contributed by atoms with Gasteiger partial charge in [0.2, 0.25) is 15.9 Å². The summed E-state index contributed by atoms with van der Waals surface area (Å²) >= 11 is 5.73. The number of carbonyl (C=O) groups excluding carboxylic acids is 2. The number of piperidine rings is 1. The smallest absolute Gasteiger partial charge is 0.319 e. The van der Waals surface area contributed by atoms with Crippen molar-refractivity contribution in [2.75, 3.05) is 27.7 Å². The molecule has 2 aromatic carbocycles. The van der Waals surface area contributed by atoms with Crippen molar-refractivity contribution in [1.29, 1.82) is 0 Å². The molecular formula is C24H23ClFN5O4S. The summed E-state index contributed by atoms with van der Waals surface area (Å²) in [5.41, 5.74) is 1.88. The van der Waals surface area contributed by atoms with E-state index >= 15 is 0 Å². The molecule has 0 aliphatic carbocycles. The van der Waals surface area contributed by atoms with Gasteiger partial charge in [-0.15, -0.1) is 0 Å². The van der Waals surface area contributed by atoms with E-state index in [1.807, 2.05) is 0 Å². The molecule has 0 radical (unpaired) electrons. The molecule has 1 fully saturated rings. The maximum Gasteiger partial charge on any atom is 0.319 e. The molecule has 36 heavy (non-hydrogen) atoms. The molecule has 1 aromatic heterocycles. The first-order valence-corrected chi connectivity index (χ1v) is 13.2. The maximum absolute atomic E-state index is 14.0. The van der Waals surface area contributed by atoms with Crippen LogP contribution in [0.3, 0.4) is 0 Å². The number of hydrogen-bond acceptors (Lipinski definition) is 5. The van der Waals surface area contributed by atoms with Crippen molar-refractivity contribution < 1.29 is 22.4 Å². The molecule has 0 unspecified atom stereocenters. The summed E-state index contributed by atoms with van der Waals surface area (Å²) in [6, 6.07) is 12.8. The highest BCUT2D eigenvalue weighted by molar-refractivity contribution is 7.92. The Labute approximate surface area is 212 Å². The topological polar surface area (TPSA) is 120 Å². The van der Waals surface area contributed by atoms with Gasteiger partial charge in [-0.3, -0.25) is 9.52 Å². The van der Waals surface area contributed by atoms with Crippen molar-refractivity contribution in [3.05, 3.63) is 71.6 Å². The van der Waals surface area contributed by atoms with Crippen LogP contribution in [0.5, 0.6) is 0 Å². The molecule has 3 amide bonds. The molecule has 3 N–H and O–H groups in total. The second-order valence-electron chi connectivity index (χ2n) is 8.23.